The van der Waals surface area contributed by atoms with E-state index in [4.69, 9.17) is 25.3 Å². The molecular formula is C22H26ClFN4O2. The van der Waals surface area contributed by atoms with Crippen LogP contribution in [0.1, 0.15) is 31.0 Å². The van der Waals surface area contributed by atoms with E-state index in [0.29, 0.717) is 5.82 Å². The van der Waals surface area contributed by atoms with Gasteiger partial charge >= 0.3 is 0 Å². The molecule has 0 spiro atoms. The lowest BCUT2D eigenvalue weighted by Gasteiger charge is -2.32. The number of hydrogen-bond acceptors (Lipinski definition) is 5. The van der Waals surface area contributed by atoms with Crippen LogP contribution in [0.15, 0.2) is 48.5 Å². The first-order chi connectivity index (χ1) is 14.1. The van der Waals surface area contributed by atoms with Crippen molar-refractivity contribution >= 4 is 12.4 Å². The van der Waals surface area contributed by atoms with Crippen LogP contribution in [-0.4, -0.2) is 41.1 Å². The molecular weight excluding hydrogens is 407 g/mol. The van der Waals surface area contributed by atoms with E-state index in [-0.39, 0.29) is 36.3 Å². The lowest BCUT2D eigenvalue weighted by Crippen LogP contribution is -2.41. The molecule has 8 heteroatoms. The van der Waals surface area contributed by atoms with Crippen molar-refractivity contribution in [3.63, 3.8) is 0 Å². The molecule has 0 saturated heterocycles. The fourth-order valence-electron chi connectivity index (χ4n) is 3.88. The van der Waals surface area contributed by atoms with Crippen molar-refractivity contribution in [1.29, 1.82) is 0 Å². The fourth-order valence-corrected chi connectivity index (χ4v) is 3.88. The third kappa shape index (κ3) is 4.48. The average Bonchev–Trinajstić information content (AvgIpc) is 3.20. The predicted molar refractivity (Wildman–Crippen MR) is 116 cm³/mol. The van der Waals surface area contributed by atoms with Gasteiger partial charge < -0.3 is 15.2 Å². The minimum Gasteiger partial charge on any atom is -0.497 e. The maximum Gasteiger partial charge on any atom is 0.181 e. The zero-order valence-corrected chi connectivity index (χ0v) is 17.8. The zero-order valence-electron chi connectivity index (χ0n) is 17.0. The quantitative estimate of drug-likeness (QED) is 0.656. The molecule has 160 valence electrons. The minimum atomic E-state index is -0.284. The summed E-state index contributed by atoms with van der Waals surface area (Å²) in [6.45, 7) is 0. The number of aromatic nitrogens is 3. The second kappa shape index (κ2) is 9.55. The molecule has 6 nitrogen and oxygen atoms in total. The third-order valence-electron chi connectivity index (χ3n) is 5.56. The first-order valence-electron chi connectivity index (χ1n) is 9.74. The summed E-state index contributed by atoms with van der Waals surface area (Å²) in [6, 6.07) is 14.0. The highest BCUT2D eigenvalue weighted by Gasteiger charge is 2.32. The van der Waals surface area contributed by atoms with Crippen molar-refractivity contribution < 1.29 is 13.9 Å². The smallest absolute Gasteiger partial charge is 0.181 e. The highest BCUT2D eigenvalue weighted by atomic mass is 35.5. The second-order valence-corrected chi connectivity index (χ2v) is 7.36. The number of methoxy groups -OCH3 is 2. The number of benzene rings is 2. The molecule has 1 aliphatic carbocycles. The van der Waals surface area contributed by atoms with Crippen LogP contribution >= 0.6 is 12.4 Å². The monoisotopic (exact) mass is 432 g/mol. The van der Waals surface area contributed by atoms with Gasteiger partial charge in [-0.15, -0.1) is 17.5 Å². The number of ether oxygens (including phenoxy) is 2. The molecule has 1 heterocycles. The van der Waals surface area contributed by atoms with E-state index in [9.17, 15) is 4.39 Å². The minimum absolute atomic E-state index is 0. The van der Waals surface area contributed by atoms with E-state index >= 15 is 0 Å². The molecule has 1 aliphatic rings. The Morgan fingerprint density at radius 2 is 1.73 bits per heavy atom. The summed E-state index contributed by atoms with van der Waals surface area (Å²) >= 11 is 0. The van der Waals surface area contributed by atoms with Crippen LogP contribution in [0.25, 0.3) is 17.1 Å². The lowest BCUT2D eigenvalue weighted by atomic mass is 9.83. The third-order valence-corrected chi connectivity index (χ3v) is 5.56. The van der Waals surface area contributed by atoms with Crippen LogP contribution < -0.4 is 10.5 Å². The first-order valence-corrected chi connectivity index (χ1v) is 9.74. The normalized spacial score (nSPS) is 21.1. The van der Waals surface area contributed by atoms with Gasteiger partial charge in [0.15, 0.2) is 5.82 Å². The molecule has 0 aliphatic heterocycles. The van der Waals surface area contributed by atoms with E-state index in [1.54, 1.807) is 26.4 Å². The van der Waals surface area contributed by atoms with Crippen molar-refractivity contribution in [3.8, 4) is 22.8 Å². The van der Waals surface area contributed by atoms with Crippen LogP contribution in [0, 0.1) is 5.82 Å². The van der Waals surface area contributed by atoms with Gasteiger partial charge in [0.05, 0.1) is 18.9 Å². The van der Waals surface area contributed by atoms with E-state index in [1.807, 2.05) is 28.9 Å². The molecule has 30 heavy (non-hydrogen) atoms. The molecule has 1 aromatic heterocycles. The SMILES string of the molecule is COc1ccc(-n2nc(-c3ccc(F)cc3)nc2[C@H]2CC[C@@H](N)[C@H](OC)C2)cc1.Cl. The Morgan fingerprint density at radius 3 is 2.37 bits per heavy atom. The van der Waals surface area contributed by atoms with Gasteiger partial charge in [-0.2, -0.15) is 0 Å². The summed E-state index contributed by atoms with van der Waals surface area (Å²) < 4.78 is 26.1. The molecule has 0 radical (unpaired) electrons. The van der Waals surface area contributed by atoms with Crippen molar-refractivity contribution in [2.24, 2.45) is 5.73 Å². The predicted octanol–water partition coefficient (Wildman–Crippen LogP) is 4.11. The molecule has 1 saturated carbocycles. The van der Waals surface area contributed by atoms with Gasteiger partial charge in [-0.25, -0.2) is 14.1 Å². The van der Waals surface area contributed by atoms with Gasteiger partial charge in [0.2, 0.25) is 0 Å². The fraction of sp³-hybridized carbons (Fsp3) is 0.364. The summed E-state index contributed by atoms with van der Waals surface area (Å²) in [5.74, 6) is 2.09. The van der Waals surface area contributed by atoms with Gasteiger partial charge in [0, 0.05) is 24.6 Å². The van der Waals surface area contributed by atoms with Crippen LogP contribution in [-0.2, 0) is 4.74 Å². The number of halogens is 2. The van der Waals surface area contributed by atoms with E-state index in [0.717, 1.165) is 42.1 Å². The summed E-state index contributed by atoms with van der Waals surface area (Å²) in [5.41, 5.74) is 7.87. The molecule has 3 atom stereocenters. The number of rotatable bonds is 5. The largest absolute Gasteiger partial charge is 0.497 e. The Balaban J connectivity index is 0.00000256. The highest BCUT2D eigenvalue weighted by Crippen LogP contribution is 2.35. The molecule has 3 aromatic rings. The van der Waals surface area contributed by atoms with Crippen molar-refractivity contribution in [2.75, 3.05) is 14.2 Å². The first kappa shape index (κ1) is 22.2. The van der Waals surface area contributed by atoms with Crippen molar-refractivity contribution in [2.45, 2.75) is 37.3 Å². The van der Waals surface area contributed by atoms with E-state index < -0.39 is 0 Å². The Labute approximate surface area is 181 Å². The molecule has 4 rings (SSSR count). The van der Waals surface area contributed by atoms with Gasteiger partial charge in [-0.05, 0) is 67.8 Å². The van der Waals surface area contributed by atoms with E-state index in [1.165, 1.54) is 12.1 Å². The van der Waals surface area contributed by atoms with Crippen molar-refractivity contribution in [1.82, 2.24) is 14.8 Å². The lowest BCUT2D eigenvalue weighted by molar-refractivity contribution is 0.0459. The second-order valence-electron chi connectivity index (χ2n) is 7.36. The average molecular weight is 433 g/mol. The van der Waals surface area contributed by atoms with Crippen LogP contribution in [0.4, 0.5) is 4.39 Å². The molecule has 0 unspecified atom stereocenters. The Kier molecular flexibility index (Phi) is 7.07. The zero-order chi connectivity index (χ0) is 20.4. The van der Waals surface area contributed by atoms with Gasteiger partial charge in [0.25, 0.3) is 0 Å². The molecule has 2 aromatic carbocycles. The topological polar surface area (TPSA) is 75.2 Å². The number of hydrogen-bond donors (Lipinski definition) is 1. The summed E-state index contributed by atoms with van der Waals surface area (Å²) in [4.78, 5) is 4.85. The van der Waals surface area contributed by atoms with Crippen molar-refractivity contribution in [3.05, 3.63) is 60.2 Å². The molecule has 2 N–H and O–H groups in total. The molecule has 0 amide bonds. The maximum atomic E-state index is 13.3. The van der Waals surface area contributed by atoms with Crippen LogP contribution in [0.2, 0.25) is 0 Å². The Hall–Kier alpha value is -2.48. The highest BCUT2D eigenvalue weighted by molar-refractivity contribution is 5.85. The van der Waals surface area contributed by atoms with Crippen LogP contribution in [0.3, 0.4) is 0 Å². The van der Waals surface area contributed by atoms with Gasteiger partial charge in [-0.3, -0.25) is 0 Å². The standard InChI is InChI=1S/C22H25FN4O2.ClH/c1-28-18-10-8-17(9-11-18)27-22(15-5-12-19(24)20(13-15)29-2)25-21(26-27)14-3-6-16(23)7-4-14;/h3-4,6-11,15,19-20H,5,12-13,24H2,1-2H3;1H/t15-,19+,20+;/m0./s1. The number of nitrogens with zero attached hydrogens (tertiary/aromatic N) is 3. The Morgan fingerprint density at radius 1 is 1.03 bits per heavy atom. The van der Waals surface area contributed by atoms with Gasteiger partial charge in [-0.1, -0.05) is 0 Å². The summed E-state index contributed by atoms with van der Waals surface area (Å²) in [7, 11) is 3.34. The van der Waals surface area contributed by atoms with E-state index in [2.05, 4.69) is 0 Å². The molecule has 1 fully saturated rings. The Bertz CT molecular complexity index is 962. The molecule has 0 bridgehead atoms. The summed E-state index contributed by atoms with van der Waals surface area (Å²) in [6.07, 6.45) is 2.56. The maximum absolute atomic E-state index is 13.3. The van der Waals surface area contributed by atoms with Gasteiger partial charge in [0.1, 0.15) is 17.4 Å². The van der Waals surface area contributed by atoms with Crippen LogP contribution in [0.5, 0.6) is 5.75 Å². The number of nitrogens with two attached hydrogens (primary N) is 1. The summed E-state index contributed by atoms with van der Waals surface area (Å²) in [5, 5.41) is 4.75.